The van der Waals surface area contributed by atoms with Gasteiger partial charge in [0.1, 0.15) is 0 Å². The molecule has 104 valence electrons. The number of hydrogen-bond donors (Lipinski definition) is 1. The zero-order chi connectivity index (χ0) is 14.8. The highest BCUT2D eigenvalue weighted by atomic mass is 32.2. The summed E-state index contributed by atoms with van der Waals surface area (Å²) in [4.78, 5) is 0. The van der Waals surface area contributed by atoms with E-state index in [1.54, 1.807) is 0 Å². The lowest BCUT2D eigenvalue weighted by atomic mass is 9.87. The Labute approximate surface area is 122 Å². The fourth-order valence-corrected chi connectivity index (χ4v) is 2.31. The van der Waals surface area contributed by atoms with Gasteiger partial charge in [0.15, 0.2) is 5.82 Å². The standard InChI is InChI=1S/C14H17N5S/c1-14(2,3)11-6-4-10(5-7-11)12-17-18-13(19(12)16)20-9-8-15/h4-7H,9,16H2,1-3H3. The number of nitrogens with zero attached hydrogens (tertiary/aromatic N) is 4. The highest BCUT2D eigenvalue weighted by Gasteiger charge is 2.15. The van der Waals surface area contributed by atoms with Gasteiger partial charge in [0.25, 0.3) is 0 Å². The molecule has 0 aliphatic heterocycles. The van der Waals surface area contributed by atoms with E-state index >= 15 is 0 Å². The quantitative estimate of drug-likeness (QED) is 0.693. The first-order valence-corrected chi connectivity index (χ1v) is 7.23. The summed E-state index contributed by atoms with van der Waals surface area (Å²) in [6.07, 6.45) is 0. The molecule has 0 amide bonds. The maximum Gasteiger partial charge on any atom is 0.211 e. The van der Waals surface area contributed by atoms with Gasteiger partial charge in [0, 0.05) is 5.56 Å². The Morgan fingerprint density at radius 2 is 1.90 bits per heavy atom. The average Bonchev–Trinajstić information content (AvgIpc) is 2.77. The van der Waals surface area contributed by atoms with Gasteiger partial charge in [-0.1, -0.05) is 56.8 Å². The number of nitriles is 1. The average molecular weight is 287 g/mol. The van der Waals surface area contributed by atoms with Crippen LogP contribution < -0.4 is 5.84 Å². The molecule has 2 aromatic rings. The second-order valence-corrected chi connectivity index (χ2v) is 6.39. The molecule has 0 saturated carbocycles. The topological polar surface area (TPSA) is 80.5 Å². The van der Waals surface area contributed by atoms with Crippen molar-refractivity contribution in [2.24, 2.45) is 0 Å². The van der Waals surface area contributed by atoms with Crippen molar-refractivity contribution in [2.45, 2.75) is 31.3 Å². The second-order valence-electron chi connectivity index (χ2n) is 5.45. The Morgan fingerprint density at radius 3 is 2.45 bits per heavy atom. The highest BCUT2D eigenvalue weighted by Crippen LogP contribution is 2.26. The molecule has 1 aromatic heterocycles. The number of thioether (sulfide) groups is 1. The van der Waals surface area contributed by atoms with Crippen LogP contribution in [0.5, 0.6) is 0 Å². The predicted octanol–water partition coefficient (Wildman–Crippen LogP) is 2.57. The smallest absolute Gasteiger partial charge is 0.211 e. The van der Waals surface area contributed by atoms with Gasteiger partial charge in [-0.2, -0.15) is 5.26 Å². The molecule has 0 saturated heterocycles. The molecule has 0 radical (unpaired) electrons. The first-order valence-electron chi connectivity index (χ1n) is 6.24. The molecular weight excluding hydrogens is 270 g/mol. The minimum Gasteiger partial charge on any atom is -0.335 e. The van der Waals surface area contributed by atoms with Gasteiger partial charge >= 0.3 is 0 Å². The number of nitrogen functional groups attached to an aromatic ring is 1. The van der Waals surface area contributed by atoms with Crippen LogP contribution in [0.4, 0.5) is 0 Å². The number of nitrogens with two attached hydrogens (primary N) is 1. The molecule has 0 spiro atoms. The van der Waals surface area contributed by atoms with E-state index in [2.05, 4.69) is 43.1 Å². The lowest BCUT2D eigenvalue weighted by Gasteiger charge is -2.18. The van der Waals surface area contributed by atoms with Gasteiger partial charge in [0.2, 0.25) is 5.16 Å². The summed E-state index contributed by atoms with van der Waals surface area (Å²) in [5.41, 5.74) is 2.28. The summed E-state index contributed by atoms with van der Waals surface area (Å²) in [6.45, 7) is 6.51. The molecule has 0 atom stereocenters. The summed E-state index contributed by atoms with van der Waals surface area (Å²) in [7, 11) is 0. The molecule has 5 nitrogen and oxygen atoms in total. The molecule has 1 aromatic carbocycles. The summed E-state index contributed by atoms with van der Waals surface area (Å²) in [5, 5.41) is 17.2. The van der Waals surface area contributed by atoms with Gasteiger partial charge in [-0.3, -0.25) is 0 Å². The van der Waals surface area contributed by atoms with Crippen molar-refractivity contribution in [1.82, 2.24) is 14.9 Å². The van der Waals surface area contributed by atoms with E-state index < -0.39 is 0 Å². The van der Waals surface area contributed by atoms with Crippen molar-refractivity contribution in [3.63, 3.8) is 0 Å². The normalized spacial score (nSPS) is 11.3. The molecule has 0 aliphatic carbocycles. The molecular formula is C14H17N5S. The third-order valence-corrected chi connectivity index (χ3v) is 3.75. The molecule has 0 unspecified atom stereocenters. The molecule has 1 heterocycles. The maximum absolute atomic E-state index is 8.58. The fourth-order valence-electron chi connectivity index (χ4n) is 1.79. The lowest BCUT2D eigenvalue weighted by Crippen LogP contribution is -2.12. The lowest BCUT2D eigenvalue weighted by molar-refractivity contribution is 0.590. The van der Waals surface area contributed by atoms with E-state index in [4.69, 9.17) is 11.1 Å². The summed E-state index contributed by atoms with van der Waals surface area (Å²) < 4.78 is 1.42. The number of hydrogen-bond acceptors (Lipinski definition) is 5. The van der Waals surface area contributed by atoms with E-state index in [1.165, 1.54) is 22.0 Å². The van der Waals surface area contributed by atoms with Crippen LogP contribution in [-0.2, 0) is 5.41 Å². The minimum atomic E-state index is 0.114. The highest BCUT2D eigenvalue weighted by molar-refractivity contribution is 7.99. The van der Waals surface area contributed by atoms with E-state index in [0.29, 0.717) is 16.7 Å². The molecule has 0 bridgehead atoms. The van der Waals surface area contributed by atoms with E-state index in [9.17, 15) is 0 Å². The molecule has 2 N–H and O–H groups in total. The maximum atomic E-state index is 8.58. The molecule has 20 heavy (non-hydrogen) atoms. The summed E-state index contributed by atoms with van der Waals surface area (Å²) in [5.74, 6) is 6.87. The van der Waals surface area contributed by atoms with Gasteiger partial charge in [-0.15, -0.1) is 10.2 Å². The van der Waals surface area contributed by atoms with Crippen molar-refractivity contribution in [3.8, 4) is 17.5 Å². The molecule has 6 heteroatoms. The molecule has 2 rings (SSSR count). The monoisotopic (exact) mass is 287 g/mol. The summed E-state index contributed by atoms with van der Waals surface area (Å²) in [6, 6.07) is 10.2. The molecule has 0 fully saturated rings. The van der Waals surface area contributed by atoms with Crippen molar-refractivity contribution >= 4 is 11.8 Å². The van der Waals surface area contributed by atoms with Crippen LogP contribution in [0.25, 0.3) is 11.4 Å². The Hall–Kier alpha value is -2.00. The zero-order valence-electron chi connectivity index (χ0n) is 11.8. The SMILES string of the molecule is CC(C)(C)c1ccc(-c2nnc(SCC#N)n2N)cc1. The first-order chi connectivity index (χ1) is 9.43. The van der Waals surface area contributed by atoms with Gasteiger partial charge in [-0.25, -0.2) is 4.68 Å². The third kappa shape index (κ3) is 2.94. The van der Waals surface area contributed by atoms with Crippen molar-refractivity contribution < 1.29 is 0 Å². The van der Waals surface area contributed by atoms with Gasteiger partial charge in [-0.05, 0) is 11.0 Å². The first kappa shape index (κ1) is 14.4. The van der Waals surface area contributed by atoms with Crippen molar-refractivity contribution in [1.29, 1.82) is 5.26 Å². The molecule has 0 aliphatic rings. The largest absolute Gasteiger partial charge is 0.335 e. The van der Waals surface area contributed by atoms with Crippen LogP contribution in [0.3, 0.4) is 0 Å². The van der Waals surface area contributed by atoms with Crippen LogP contribution in [0.15, 0.2) is 29.4 Å². The predicted molar refractivity (Wildman–Crippen MR) is 80.6 cm³/mol. The Kier molecular flexibility index (Phi) is 4.00. The fraction of sp³-hybridized carbons (Fsp3) is 0.357. The minimum absolute atomic E-state index is 0.114. The van der Waals surface area contributed by atoms with Gasteiger partial charge in [0.05, 0.1) is 11.8 Å². The van der Waals surface area contributed by atoms with Crippen LogP contribution in [0.1, 0.15) is 26.3 Å². The van der Waals surface area contributed by atoms with Crippen LogP contribution >= 0.6 is 11.8 Å². The zero-order valence-corrected chi connectivity index (χ0v) is 12.6. The van der Waals surface area contributed by atoms with Crippen molar-refractivity contribution in [3.05, 3.63) is 29.8 Å². The van der Waals surface area contributed by atoms with Crippen LogP contribution in [-0.4, -0.2) is 20.6 Å². The van der Waals surface area contributed by atoms with E-state index in [1.807, 2.05) is 18.2 Å². The Bertz CT molecular complexity index is 631. The third-order valence-electron chi connectivity index (χ3n) is 2.94. The van der Waals surface area contributed by atoms with Crippen molar-refractivity contribution in [2.75, 3.05) is 11.6 Å². The number of aromatic nitrogens is 3. The second kappa shape index (κ2) is 5.55. The van der Waals surface area contributed by atoms with E-state index in [0.717, 1.165) is 5.56 Å². The Morgan fingerprint density at radius 1 is 1.25 bits per heavy atom. The number of rotatable bonds is 3. The Balaban J connectivity index is 2.29. The number of benzene rings is 1. The van der Waals surface area contributed by atoms with Crippen LogP contribution in [0.2, 0.25) is 0 Å². The van der Waals surface area contributed by atoms with E-state index in [-0.39, 0.29) is 5.41 Å². The van der Waals surface area contributed by atoms with Crippen LogP contribution in [0, 0.1) is 11.3 Å². The summed E-state index contributed by atoms with van der Waals surface area (Å²) >= 11 is 1.27. The van der Waals surface area contributed by atoms with Gasteiger partial charge < -0.3 is 5.84 Å².